The zero-order valence-corrected chi connectivity index (χ0v) is 12.7. The molecule has 6 heteroatoms. The Morgan fingerprint density at radius 1 is 1.42 bits per heavy atom. The number of nitrogens with one attached hydrogen (secondary N) is 1. The highest BCUT2D eigenvalue weighted by molar-refractivity contribution is 7.18. The lowest BCUT2D eigenvalue weighted by Gasteiger charge is -2.18. The predicted octanol–water partition coefficient (Wildman–Crippen LogP) is 2.38. The van der Waals surface area contributed by atoms with E-state index in [1.165, 1.54) is 4.88 Å². The van der Waals surface area contributed by atoms with E-state index in [9.17, 15) is 0 Å². The van der Waals surface area contributed by atoms with Crippen molar-refractivity contribution in [2.75, 3.05) is 44.6 Å². The van der Waals surface area contributed by atoms with Crippen LogP contribution in [0.25, 0.3) is 10.2 Å². The molecule has 2 aromatic heterocycles. The number of fused-ring (bicyclic) bond motifs is 1. The molecule has 0 radical (unpaired) electrons. The van der Waals surface area contributed by atoms with Crippen LogP contribution in [-0.2, 0) is 11.2 Å². The van der Waals surface area contributed by atoms with Crippen molar-refractivity contribution in [1.29, 1.82) is 0 Å². The highest BCUT2D eigenvalue weighted by atomic mass is 32.1. The summed E-state index contributed by atoms with van der Waals surface area (Å²) in [6, 6.07) is 2.19. The van der Waals surface area contributed by atoms with Gasteiger partial charge in [0.1, 0.15) is 10.6 Å². The van der Waals surface area contributed by atoms with E-state index in [0.717, 1.165) is 29.0 Å². The van der Waals surface area contributed by atoms with E-state index in [-0.39, 0.29) is 0 Å². The van der Waals surface area contributed by atoms with Crippen LogP contribution in [0.3, 0.4) is 0 Å². The lowest BCUT2D eigenvalue weighted by atomic mass is 10.3. The Labute approximate surface area is 117 Å². The number of aromatic nitrogens is 2. The second-order valence-electron chi connectivity index (χ2n) is 4.32. The van der Waals surface area contributed by atoms with E-state index >= 15 is 0 Å². The van der Waals surface area contributed by atoms with Crippen molar-refractivity contribution < 1.29 is 4.74 Å². The fraction of sp³-hybridized carbons (Fsp3) is 0.538. The van der Waals surface area contributed by atoms with E-state index in [4.69, 9.17) is 4.74 Å². The van der Waals surface area contributed by atoms with Crippen LogP contribution in [0.5, 0.6) is 0 Å². The Morgan fingerprint density at radius 3 is 2.84 bits per heavy atom. The number of ether oxygens (including phenoxy) is 1. The minimum atomic E-state index is 0.663. The first-order chi connectivity index (χ1) is 9.19. The maximum atomic E-state index is 5.13. The molecule has 0 aliphatic carbocycles. The third-order valence-electron chi connectivity index (χ3n) is 2.99. The molecule has 5 nitrogen and oxygen atoms in total. The summed E-state index contributed by atoms with van der Waals surface area (Å²) in [4.78, 5) is 13.6. The quantitative estimate of drug-likeness (QED) is 0.880. The Bertz CT molecular complexity index is 555. The maximum Gasteiger partial charge on any atom is 0.225 e. The molecule has 0 aliphatic rings. The molecular formula is C13H20N4OS. The van der Waals surface area contributed by atoms with E-state index in [1.54, 1.807) is 18.4 Å². The van der Waals surface area contributed by atoms with Gasteiger partial charge in [0.25, 0.3) is 0 Å². The van der Waals surface area contributed by atoms with Gasteiger partial charge < -0.3 is 15.0 Å². The first-order valence-corrected chi connectivity index (χ1v) is 7.19. The van der Waals surface area contributed by atoms with Gasteiger partial charge in [-0.05, 0) is 12.5 Å². The van der Waals surface area contributed by atoms with Crippen LogP contribution >= 0.6 is 11.3 Å². The Kier molecular flexibility index (Phi) is 4.55. The molecule has 0 unspecified atom stereocenters. The van der Waals surface area contributed by atoms with Gasteiger partial charge in [0, 0.05) is 32.6 Å². The molecule has 2 aromatic rings. The molecule has 0 aliphatic heterocycles. The summed E-state index contributed by atoms with van der Waals surface area (Å²) in [6.45, 7) is 3.65. The molecule has 2 heterocycles. The monoisotopic (exact) mass is 280 g/mol. The SMILES string of the molecule is CCc1cc2c(N(C)CCOC)nc(NC)nc2s1. The van der Waals surface area contributed by atoms with E-state index in [2.05, 4.69) is 33.2 Å². The lowest BCUT2D eigenvalue weighted by molar-refractivity contribution is 0.206. The van der Waals surface area contributed by atoms with Gasteiger partial charge >= 0.3 is 0 Å². The fourth-order valence-electron chi connectivity index (χ4n) is 1.87. The number of hydrogen-bond donors (Lipinski definition) is 1. The molecule has 1 N–H and O–H groups in total. The van der Waals surface area contributed by atoms with Gasteiger partial charge in [0.05, 0.1) is 12.0 Å². The average Bonchev–Trinajstić information content (AvgIpc) is 2.86. The minimum Gasteiger partial charge on any atom is -0.383 e. The molecule has 0 fully saturated rings. The molecule has 2 rings (SSSR count). The molecule has 0 atom stereocenters. The first kappa shape index (κ1) is 14.0. The van der Waals surface area contributed by atoms with Crippen molar-refractivity contribution in [3.8, 4) is 0 Å². The molecule has 0 spiro atoms. The van der Waals surface area contributed by atoms with E-state index in [1.807, 2.05) is 14.1 Å². The number of rotatable bonds is 6. The van der Waals surface area contributed by atoms with Crippen LogP contribution in [0.15, 0.2) is 6.07 Å². The number of thiophene rings is 1. The van der Waals surface area contributed by atoms with E-state index < -0.39 is 0 Å². The van der Waals surface area contributed by atoms with Crippen molar-refractivity contribution >= 4 is 33.3 Å². The Hall–Kier alpha value is -1.40. The molecule has 0 bridgehead atoms. The van der Waals surface area contributed by atoms with Gasteiger partial charge in [-0.2, -0.15) is 4.98 Å². The summed E-state index contributed by atoms with van der Waals surface area (Å²) >= 11 is 1.73. The number of anilines is 2. The summed E-state index contributed by atoms with van der Waals surface area (Å²) in [6.07, 6.45) is 1.02. The van der Waals surface area contributed by atoms with Crippen LogP contribution < -0.4 is 10.2 Å². The van der Waals surface area contributed by atoms with Crippen LogP contribution in [0.2, 0.25) is 0 Å². The van der Waals surface area contributed by atoms with Crippen molar-refractivity contribution in [2.45, 2.75) is 13.3 Å². The van der Waals surface area contributed by atoms with Crippen molar-refractivity contribution in [3.05, 3.63) is 10.9 Å². The van der Waals surface area contributed by atoms with Gasteiger partial charge in [-0.25, -0.2) is 4.98 Å². The average molecular weight is 280 g/mol. The summed E-state index contributed by atoms with van der Waals surface area (Å²) < 4.78 is 5.13. The minimum absolute atomic E-state index is 0.663. The zero-order valence-electron chi connectivity index (χ0n) is 11.9. The van der Waals surface area contributed by atoms with Crippen molar-refractivity contribution in [3.63, 3.8) is 0 Å². The second-order valence-corrected chi connectivity index (χ2v) is 5.44. The smallest absolute Gasteiger partial charge is 0.225 e. The number of methoxy groups -OCH3 is 1. The molecule has 0 amide bonds. The Balaban J connectivity index is 2.46. The highest BCUT2D eigenvalue weighted by Crippen LogP contribution is 2.31. The van der Waals surface area contributed by atoms with Gasteiger partial charge in [-0.1, -0.05) is 6.92 Å². The zero-order chi connectivity index (χ0) is 13.8. The van der Waals surface area contributed by atoms with Crippen LogP contribution in [0, 0.1) is 0 Å². The number of nitrogens with zero attached hydrogens (tertiary/aromatic N) is 3. The van der Waals surface area contributed by atoms with Crippen molar-refractivity contribution in [1.82, 2.24) is 9.97 Å². The van der Waals surface area contributed by atoms with Gasteiger partial charge in [-0.3, -0.25) is 0 Å². The molecule has 19 heavy (non-hydrogen) atoms. The number of hydrogen-bond acceptors (Lipinski definition) is 6. The van der Waals surface area contributed by atoms with Crippen LogP contribution in [0.4, 0.5) is 11.8 Å². The third-order valence-corrected chi connectivity index (χ3v) is 4.16. The summed E-state index contributed by atoms with van der Waals surface area (Å²) in [5.74, 6) is 1.62. The summed E-state index contributed by atoms with van der Waals surface area (Å²) in [7, 11) is 5.58. The maximum absolute atomic E-state index is 5.13. The molecule has 0 saturated heterocycles. The molecular weight excluding hydrogens is 260 g/mol. The lowest BCUT2D eigenvalue weighted by Crippen LogP contribution is -2.23. The molecule has 104 valence electrons. The fourth-order valence-corrected chi connectivity index (χ4v) is 2.83. The third kappa shape index (κ3) is 2.96. The van der Waals surface area contributed by atoms with Crippen LogP contribution in [-0.4, -0.2) is 44.3 Å². The molecule has 0 aromatic carbocycles. The predicted molar refractivity (Wildman–Crippen MR) is 81.5 cm³/mol. The highest BCUT2D eigenvalue weighted by Gasteiger charge is 2.14. The topological polar surface area (TPSA) is 50.3 Å². The van der Waals surface area contributed by atoms with E-state index in [0.29, 0.717) is 12.6 Å². The standard InChI is InChI=1S/C13H20N4OS/c1-5-9-8-10-11(17(3)6-7-18-4)15-13(14-2)16-12(10)19-9/h8H,5-7H2,1-4H3,(H,14,15,16). The number of likely N-dealkylation sites (N-methyl/N-ethyl adjacent to an activating group) is 1. The largest absolute Gasteiger partial charge is 0.383 e. The van der Waals surface area contributed by atoms with Gasteiger partial charge in [0.15, 0.2) is 0 Å². The van der Waals surface area contributed by atoms with Gasteiger partial charge in [0.2, 0.25) is 5.95 Å². The Morgan fingerprint density at radius 2 is 2.21 bits per heavy atom. The van der Waals surface area contributed by atoms with Crippen LogP contribution in [0.1, 0.15) is 11.8 Å². The normalized spacial score (nSPS) is 10.9. The summed E-state index contributed by atoms with van der Waals surface area (Å²) in [5, 5.41) is 4.15. The molecule has 0 saturated carbocycles. The second kappa shape index (κ2) is 6.16. The summed E-state index contributed by atoms with van der Waals surface area (Å²) in [5.41, 5.74) is 0. The number of aryl methyl sites for hydroxylation is 1. The van der Waals surface area contributed by atoms with Crippen molar-refractivity contribution in [2.24, 2.45) is 0 Å². The first-order valence-electron chi connectivity index (χ1n) is 6.37. The van der Waals surface area contributed by atoms with Gasteiger partial charge in [-0.15, -0.1) is 11.3 Å².